The highest BCUT2D eigenvalue weighted by atomic mass is 16.7. The molecule has 1 aliphatic heterocycles. The van der Waals surface area contributed by atoms with E-state index < -0.39 is 49.6 Å². The van der Waals surface area contributed by atoms with Gasteiger partial charge >= 0.3 is 5.97 Å². The molecule has 9 heteroatoms. The van der Waals surface area contributed by atoms with E-state index in [2.05, 4.69) is 4.98 Å². The molecule has 136 valence electrons. The Morgan fingerprint density at radius 1 is 1.28 bits per heavy atom. The van der Waals surface area contributed by atoms with E-state index in [1.54, 1.807) is 0 Å². The summed E-state index contributed by atoms with van der Waals surface area (Å²) in [6.07, 6.45) is -10.6. The molecule has 3 rings (SSSR count). The van der Waals surface area contributed by atoms with Crippen LogP contribution in [-0.4, -0.2) is 73.8 Å². The first-order valence-electron chi connectivity index (χ1n) is 9.27. The Morgan fingerprint density at radius 3 is 2.72 bits per heavy atom. The van der Waals surface area contributed by atoms with E-state index in [1.165, 1.54) is 24.4 Å². The summed E-state index contributed by atoms with van der Waals surface area (Å²) >= 11 is 0. The van der Waals surface area contributed by atoms with E-state index in [1.807, 2.05) is 0 Å². The number of ether oxygens (including phenoxy) is 2. The highest BCUT2D eigenvalue weighted by molar-refractivity contribution is 5.84. The predicted molar refractivity (Wildman–Crippen MR) is 84.0 cm³/mol. The number of benzene rings is 1. The monoisotopic (exact) mass is 357 g/mol. The summed E-state index contributed by atoms with van der Waals surface area (Å²) in [5, 5.41) is 48.3. The Labute approximate surface area is 147 Å². The van der Waals surface area contributed by atoms with Crippen molar-refractivity contribution in [1.29, 1.82) is 0 Å². The number of nitrogens with one attached hydrogen (secondary N) is 1. The number of carboxylic acids is 1. The molecule has 2 heterocycles. The van der Waals surface area contributed by atoms with Crippen molar-refractivity contribution in [2.75, 3.05) is 6.56 Å². The lowest BCUT2D eigenvalue weighted by atomic mass is 9.99. The third-order valence-corrected chi connectivity index (χ3v) is 3.91. The third-order valence-electron chi connectivity index (χ3n) is 3.91. The molecule has 0 radical (unpaired) electrons. The molecule has 0 amide bonds. The van der Waals surface area contributed by atoms with Gasteiger partial charge in [0.05, 0.1) is 2.74 Å². The maximum Gasteiger partial charge on any atom is 0.335 e. The first-order valence-corrected chi connectivity index (χ1v) is 7.27. The number of fused-ring (bicyclic) bond motifs is 1. The molecule has 0 unspecified atom stereocenters. The van der Waals surface area contributed by atoms with Gasteiger partial charge in [-0.15, -0.1) is 0 Å². The number of aliphatic hydroxyl groups is 4. The van der Waals surface area contributed by atoms with Crippen LogP contribution in [0.1, 0.15) is 11.0 Å². The zero-order valence-electron chi connectivity index (χ0n) is 16.7. The second-order valence-electron chi connectivity index (χ2n) is 5.50. The first-order chi connectivity index (χ1) is 13.3. The van der Waals surface area contributed by atoms with Crippen LogP contribution in [0.2, 0.25) is 0 Å². The highest BCUT2D eigenvalue weighted by Gasteiger charge is 2.48. The van der Waals surface area contributed by atoms with Crippen LogP contribution in [0.15, 0.2) is 24.4 Å². The quantitative estimate of drug-likeness (QED) is 0.397. The number of hydrogen-bond acceptors (Lipinski definition) is 7. The predicted octanol–water partition coefficient (Wildman–Crippen LogP) is -1.03. The summed E-state index contributed by atoms with van der Waals surface area (Å²) in [4.78, 5) is 13.9. The maximum absolute atomic E-state index is 11.2. The van der Waals surface area contributed by atoms with E-state index in [-0.39, 0.29) is 16.7 Å². The van der Waals surface area contributed by atoms with E-state index >= 15 is 0 Å². The molecule has 9 nitrogen and oxygen atoms in total. The number of rotatable bonds is 5. The molecule has 5 atom stereocenters. The Kier molecular flexibility index (Phi) is 3.66. The second-order valence-corrected chi connectivity index (χ2v) is 5.50. The normalized spacial score (nSPS) is 33.2. The largest absolute Gasteiger partial charge is 0.479 e. The van der Waals surface area contributed by atoms with Crippen LogP contribution in [0.5, 0.6) is 5.75 Å². The minimum absolute atomic E-state index is 0.0237. The van der Waals surface area contributed by atoms with Crippen molar-refractivity contribution in [2.24, 2.45) is 0 Å². The van der Waals surface area contributed by atoms with Gasteiger partial charge in [-0.05, 0) is 30.1 Å². The fraction of sp³-hybridized carbons (Fsp3) is 0.438. The van der Waals surface area contributed by atoms with Crippen LogP contribution in [0.4, 0.5) is 0 Å². The molecule has 1 aromatic heterocycles. The minimum Gasteiger partial charge on any atom is -0.479 e. The topological polar surface area (TPSA) is 152 Å². The van der Waals surface area contributed by atoms with Gasteiger partial charge in [0, 0.05) is 26.4 Å². The van der Waals surface area contributed by atoms with Crippen LogP contribution in [0, 0.1) is 0 Å². The van der Waals surface area contributed by atoms with Gasteiger partial charge in [-0.25, -0.2) is 4.79 Å². The van der Waals surface area contributed by atoms with Crippen molar-refractivity contribution in [2.45, 2.75) is 37.1 Å². The van der Waals surface area contributed by atoms with Gasteiger partial charge in [-0.2, -0.15) is 0 Å². The van der Waals surface area contributed by atoms with Gasteiger partial charge in [0.1, 0.15) is 24.1 Å². The highest BCUT2D eigenvalue weighted by Crippen LogP contribution is 2.28. The molecule has 1 fully saturated rings. The zero-order valence-corrected chi connectivity index (χ0v) is 12.7. The number of hydrogen-bond donors (Lipinski definition) is 6. The van der Waals surface area contributed by atoms with Gasteiger partial charge in [-0.3, -0.25) is 0 Å². The van der Waals surface area contributed by atoms with E-state index in [0.717, 1.165) is 0 Å². The van der Waals surface area contributed by atoms with Crippen LogP contribution in [0.25, 0.3) is 10.9 Å². The summed E-state index contributed by atoms with van der Waals surface area (Å²) < 4.78 is 40.8. The SMILES string of the molecule is [2H]C([2H])(O)C([2H])([2H])c1c[nH]c2ccc(O[C@@H]3O[C@H](C(=O)O)[C@@H](O)[C@H](O)[C@H]3O)cc12. The van der Waals surface area contributed by atoms with Crippen LogP contribution in [0.3, 0.4) is 0 Å². The number of aromatic amines is 1. The number of aryl methyl sites for hydroxylation is 1. The second kappa shape index (κ2) is 6.98. The van der Waals surface area contributed by atoms with Gasteiger partial charge in [-0.1, -0.05) is 0 Å². The fourth-order valence-corrected chi connectivity index (χ4v) is 2.62. The molecule has 25 heavy (non-hydrogen) atoms. The number of aliphatic carboxylic acids is 1. The maximum atomic E-state index is 11.2. The van der Waals surface area contributed by atoms with Gasteiger partial charge in [0.15, 0.2) is 6.10 Å². The van der Waals surface area contributed by atoms with Crippen LogP contribution in [-0.2, 0) is 15.9 Å². The Balaban J connectivity index is 1.93. The third kappa shape index (κ3) is 3.32. The fourth-order valence-electron chi connectivity index (χ4n) is 2.62. The molecule has 6 N–H and O–H groups in total. The Morgan fingerprint density at radius 2 is 2.04 bits per heavy atom. The van der Waals surface area contributed by atoms with Crippen molar-refractivity contribution >= 4 is 16.9 Å². The average molecular weight is 357 g/mol. The van der Waals surface area contributed by atoms with E-state index in [4.69, 9.17) is 20.1 Å². The molecular weight excluding hydrogens is 334 g/mol. The smallest absolute Gasteiger partial charge is 0.335 e. The number of aliphatic hydroxyl groups excluding tert-OH is 3. The molecule has 0 spiro atoms. The van der Waals surface area contributed by atoms with Crippen molar-refractivity contribution in [3.63, 3.8) is 0 Å². The molecule has 1 aliphatic rings. The Hall–Kier alpha value is -2.17. The van der Waals surface area contributed by atoms with Gasteiger partial charge < -0.3 is 40.0 Å². The summed E-state index contributed by atoms with van der Waals surface area (Å²) in [6.45, 7) is -3.18. The average Bonchev–Trinajstić information content (AvgIpc) is 3.04. The van der Waals surface area contributed by atoms with Crippen molar-refractivity contribution < 1.29 is 45.3 Å². The summed E-state index contributed by atoms with van der Waals surface area (Å²) in [6, 6.07) is 4.11. The molecule has 2 aromatic rings. The Bertz CT molecular complexity index is 914. The van der Waals surface area contributed by atoms with Crippen LogP contribution >= 0.6 is 0 Å². The van der Waals surface area contributed by atoms with Crippen molar-refractivity contribution in [1.82, 2.24) is 4.98 Å². The summed E-state index contributed by atoms with van der Waals surface area (Å²) in [5.74, 6) is -1.59. The lowest BCUT2D eigenvalue weighted by Crippen LogP contribution is -2.61. The number of H-pyrrole nitrogens is 1. The molecule has 1 aromatic carbocycles. The number of carbonyl (C=O) groups is 1. The molecular formula is C16H19NO8. The van der Waals surface area contributed by atoms with Crippen molar-refractivity contribution in [3.8, 4) is 5.75 Å². The minimum atomic E-state index is -3.18. The van der Waals surface area contributed by atoms with Gasteiger partial charge in [0.25, 0.3) is 0 Å². The van der Waals surface area contributed by atoms with Crippen molar-refractivity contribution in [3.05, 3.63) is 30.0 Å². The van der Waals surface area contributed by atoms with Gasteiger partial charge in [0.2, 0.25) is 6.29 Å². The molecule has 0 saturated carbocycles. The number of carboxylic acid groups (broad SMARTS) is 1. The summed E-state index contributed by atoms with van der Waals surface area (Å²) in [7, 11) is 0. The molecule has 0 bridgehead atoms. The molecule has 1 saturated heterocycles. The van der Waals surface area contributed by atoms with E-state index in [9.17, 15) is 25.2 Å². The van der Waals surface area contributed by atoms with Crippen LogP contribution < -0.4 is 4.74 Å². The first kappa shape index (κ1) is 13.1. The standard InChI is InChI=1S/C16H19NO8/c18-4-3-7-6-17-10-2-1-8(5-9(7)10)24-16-13(21)11(19)12(20)14(25-16)15(22)23/h1-2,5-6,11-14,16-21H,3-4H2,(H,22,23)/t11-,12-,13+,14-,16+/m0/s1/i3D2,4D2. The zero-order chi connectivity index (χ0) is 21.7. The number of aromatic nitrogens is 1. The lowest BCUT2D eigenvalue weighted by molar-refractivity contribution is -0.271. The molecule has 0 aliphatic carbocycles. The van der Waals surface area contributed by atoms with E-state index in [0.29, 0.717) is 5.52 Å². The lowest BCUT2D eigenvalue weighted by Gasteiger charge is -2.38. The summed E-state index contributed by atoms with van der Waals surface area (Å²) in [5.41, 5.74) is 0.193.